The maximum atomic E-state index is 13.8. The zero-order valence-corrected chi connectivity index (χ0v) is 21.3. The molecule has 0 fully saturated rings. The van der Waals surface area contributed by atoms with Crippen LogP contribution in [0.5, 0.6) is 0 Å². The standard InChI is InChI=1S/C16H23F13N2O6S2/c1-31(2,8-10(32)9-39(35,36)37)6-3-5-30-38(33,34)7-4-11(17,18)12(19,20)13(21,22)14(23,24)15(25,26)16(27,28)29/h10,30,32H,3-9H2,1-2H3. The Bertz CT molecular complexity index is 1050. The van der Waals surface area contributed by atoms with Gasteiger partial charge in [-0.05, 0) is 0 Å². The van der Waals surface area contributed by atoms with Crippen LogP contribution in [-0.4, -0.2) is 118 Å². The molecule has 0 heterocycles. The largest absolute Gasteiger partial charge is 0.748 e. The van der Waals surface area contributed by atoms with Gasteiger partial charge in [0.25, 0.3) is 0 Å². The summed E-state index contributed by atoms with van der Waals surface area (Å²) in [5.74, 6) is -41.5. The lowest BCUT2D eigenvalue weighted by Gasteiger charge is -2.39. The maximum Gasteiger partial charge on any atom is 0.460 e. The second kappa shape index (κ2) is 11.6. The van der Waals surface area contributed by atoms with Crippen molar-refractivity contribution >= 4 is 20.1 Å². The number of hydrogen-bond acceptors (Lipinski definition) is 6. The van der Waals surface area contributed by atoms with Gasteiger partial charge in [0.15, 0.2) is 0 Å². The minimum absolute atomic E-state index is 0.0958. The lowest BCUT2D eigenvalue weighted by Crippen LogP contribution is -2.70. The van der Waals surface area contributed by atoms with Crippen LogP contribution >= 0.6 is 0 Å². The number of nitrogens with zero attached hydrogens (tertiary/aromatic N) is 1. The van der Waals surface area contributed by atoms with Crippen molar-refractivity contribution in [3.05, 3.63) is 0 Å². The second-order valence-electron chi connectivity index (χ2n) is 9.04. The van der Waals surface area contributed by atoms with Crippen molar-refractivity contribution in [2.24, 2.45) is 0 Å². The SMILES string of the molecule is C[N+](C)(CCCNS(=O)(=O)CCC(F)(F)C(F)(F)C(F)(F)C(F)(F)C(F)(F)C(F)(F)F)CC(O)CS(=O)(=O)[O-]. The molecule has 0 aliphatic heterocycles. The summed E-state index contributed by atoms with van der Waals surface area (Å²) < 4.78 is 227. The van der Waals surface area contributed by atoms with Gasteiger partial charge in [-0.25, -0.2) is 21.6 Å². The van der Waals surface area contributed by atoms with Crippen LogP contribution in [0.3, 0.4) is 0 Å². The lowest BCUT2D eigenvalue weighted by atomic mass is 9.93. The summed E-state index contributed by atoms with van der Waals surface area (Å²) in [6.07, 6.45) is -12.3. The first kappa shape index (κ1) is 37.8. The van der Waals surface area contributed by atoms with Crippen molar-refractivity contribution in [3.63, 3.8) is 0 Å². The Morgan fingerprint density at radius 2 is 1.23 bits per heavy atom. The van der Waals surface area contributed by atoms with E-state index >= 15 is 0 Å². The molecule has 8 nitrogen and oxygen atoms in total. The second-order valence-corrected chi connectivity index (χ2v) is 12.4. The van der Waals surface area contributed by atoms with Gasteiger partial charge in [0.05, 0.1) is 42.3 Å². The van der Waals surface area contributed by atoms with E-state index in [1.807, 2.05) is 0 Å². The minimum Gasteiger partial charge on any atom is -0.748 e. The van der Waals surface area contributed by atoms with Gasteiger partial charge < -0.3 is 14.1 Å². The van der Waals surface area contributed by atoms with Crippen molar-refractivity contribution in [1.29, 1.82) is 0 Å². The average Bonchev–Trinajstić information content (AvgIpc) is 2.66. The van der Waals surface area contributed by atoms with E-state index in [9.17, 15) is 83.6 Å². The summed E-state index contributed by atoms with van der Waals surface area (Å²) in [5, 5.41) is 9.57. The molecule has 0 amide bonds. The van der Waals surface area contributed by atoms with Crippen LogP contribution < -0.4 is 4.72 Å². The average molecular weight is 650 g/mol. The fraction of sp³-hybridized carbons (Fsp3) is 1.00. The fourth-order valence-electron chi connectivity index (χ4n) is 2.98. The van der Waals surface area contributed by atoms with Gasteiger partial charge in [0, 0.05) is 19.4 Å². The van der Waals surface area contributed by atoms with Crippen LogP contribution in [0.15, 0.2) is 0 Å². The zero-order chi connectivity index (χ0) is 31.7. The summed E-state index contributed by atoms with van der Waals surface area (Å²) in [4.78, 5) is 0. The van der Waals surface area contributed by atoms with E-state index in [1.54, 1.807) is 0 Å². The van der Waals surface area contributed by atoms with Crippen LogP contribution in [0.25, 0.3) is 0 Å². The van der Waals surface area contributed by atoms with Gasteiger partial charge in [-0.15, -0.1) is 0 Å². The third-order valence-corrected chi connectivity index (χ3v) is 7.23. The number of hydrogen-bond donors (Lipinski definition) is 2. The molecule has 0 aromatic carbocycles. The molecule has 0 spiro atoms. The predicted molar refractivity (Wildman–Crippen MR) is 104 cm³/mol. The number of rotatable bonds is 16. The molecule has 23 heteroatoms. The van der Waals surface area contributed by atoms with Gasteiger partial charge in [0.1, 0.15) is 12.6 Å². The molecule has 0 aliphatic rings. The topological polar surface area (TPSA) is 124 Å². The van der Waals surface area contributed by atoms with Crippen molar-refractivity contribution in [2.75, 3.05) is 45.2 Å². The number of halogens is 13. The number of nitrogens with one attached hydrogen (secondary N) is 1. The summed E-state index contributed by atoms with van der Waals surface area (Å²) in [7, 11) is -7.12. The van der Waals surface area contributed by atoms with E-state index in [0.717, 1.165) is 0 Å². The maximum absolute atomic E-state index is 13.8. The Balaban J connectivity index is 5.34. The zero-order valence-electron chi connectivity index (χ0n) is 19.7. The monoisotopic (exact) mass is 650 g/mol. The normalized spacial score (nSPS) is 16.4. The first-order valence-electron chi connectivity index (χ1n) is 10.1. The van der Waals surface area contributed by atoms with Crippen molar-refractivity contribution in [3.8, 4) is 0 Å². The lowest BCUT2D eigenvalue weighted by molar-refractivity contribution is -0.893. The predicted octanol–water partition coefficient (Wildman–Crippen LogP) is 2.41. The molecule has 1 atom stereocenters. The Hall–Kier alpha value is -1.17. The van der Waals surface area contributed by atoms with E-state index in [1.165, 1.54) is 18.8 Å². The summed E-state index contributed by atoms with van der Waals surface area (Å²) >= 11 is 0. The molecule has 0 aliphatic carbocycles. The van der Waals surface area contributed by atoms with Crippen LogP contribution in [0, 0.1) is 0 Å². The molecule has 236 valence electrons. The molecule has 0 aromatic rings. The van der Waals surface area contributed by atoms with Gasteiger partial charge in [-0.2, -0.15) is 57.1 Å². The smallest absolute Gasteiger partial charge is 0.460 e. The van der Waals surface area contributed by atoms with E-state index in [-0.39, 0.29) is 24.0 Å². The Kier molecular flexibility index (Phi) is 11.3. The van der Waals surface area contributed by atoms with Gasteiger partial charge >= 0.3 is 35.8 Å². The van der Waals surface area contributed by atoms with Gasteiger partial charge in [0.2, 0.25) is 10.0 Å². The fourth-order valence-corrected chi connectivity index (χ4v) is 4.68. The molecule has 39 heavy (non-hydrogen) atoms. The van der Waals surface area contributed by atoms with Crippen molar-refractivity contribution in [2.45, 2.75) is 54.7 Å². The molecule has 0 rings (SSSR count). The number of alkyl halides is 13. The summed E-state index contributed by atoms with van der Waals surface area (Å²) in [5.41, 5.74) is 0. The highest BCUT2D eigenvalue weighted by molar-refractivity contribution is 7.89. The molecule has 1 unspecified atom stereocenters. The molecular weight excluding hydrogens is 627 g/mol. The molecule has 0 aromatic heterocycles. The summed E-state index contributed by atoms with van der Waals surface area (Å²) in [6.45, 7) is -1.11. The Labute approximate surface area is 213 Å². The number of aliphatic hydroxyl groups excluding tert-OH is 1. The van der Waals surface area contributed by atoms with E-state index in [2.05, 4.69) is 0 Å². The Morgan fingerprint density at radius 3 is 1.64 bits per heavy atom. The van der Waals surface area contributed by atoms with Crippen molar-refractivity contribution in [1.82, 2.24) is 4.72 Å². The van der Waals surface area contributed by atoms with Crippen LogP contribution in [-0.2, 0) is 20.1 Å². The molecule has 0 saturated heterocycles. The van der Waals surface area contributed by atoms with Gasteiger partial charge in [-0.1, -0.05) is 0 Å². The van der Waals surface area contributed by atoms with Crippen molar-refractivity contribution < 1.29 is 88.1 Å². The van der Waals surface area contributed by atoms with Crippen LogP contribution in [0.4, 0.5) is 57.1 Å². The van der Waals surface area contributed by atoms with Gasteiger partial charge in [-0.3, -0.25) is 0 Å². The number of sulfonamides is 1. The minimum atomic E-state index is -8.08. The van der Waals surface area contributed by atoms with E-state index in [0.29, 0.717) is 0 Å². The third kappa shape index (κ3) is 9.16. The van der Waals surface area contributed by atoms with E-state index in [4.69, 9.17) is 0 Å². The first-order valence-corrected chi connectivity index (χ1v) is 13.4. The Morgan fingerprint density at radius 1 is 0.795 bits per heavy atom. The van der Waals surface area contributed by atoms with E-state index < -0.39 is 86.5 Å². The third-order valence-electron chi connectivity index (χ3n) is 5.05. The number of aliphatic hydroxyl groups is 1. The number of likely N-dealkylation sites (N-methyl/N-ethyl adjacent to an activating group) is 1. The van der Waals surface area contributed by atoms with Crippen LogP contribution in [0.2, 0.25) is 0 Å². The number of quaternary nitrogens is 1. The highest BCUT2D eigenvalue weighted by Gasteiger charge is 2.90. The molecule has 2 N–H and O–H groups in total. The molecule has 0 saturated carbocycles. The molecule has 0 bridgehead atoms. The van der Waals surface area contributed by atoms with Crippen LogP contribution in [0.1, 0.15) is 12.8 Å². The summed E-state index contributed by atoms with van der Waals surface area (Å²) in [6, 6.07) is 0. The quantitative estimate of drug-likeness (QED) is 0.115. The molecular formula is C16H23F13N2O6S2. The molecule has 0 radical (unpaired) electrons. The highest BCUT2D eigenvalue weighted by Crippen LogP contribution is 2.60. The highest BCUT2D eigenvalue weighted by atomic mass is 32.2. The first-order chi connectivity index (χ1) is 16.8.